The van der Waals surface area contributed by atoms with Crippen molar-refractivity contribution >= 4 is 61.7 Å². The lowest BCUT2D eigenvalue weighted by molar-refractivity contribution is -0.385. The number of ether oxygens (including phenoxy) is 2. The molecule has 11 nitrogen and oxygen atoms in total. The highest BCUT2D eigenvalue weighted by molar-refractivity contribution is 14.1. The number of methoxy groups -OCH3 is 2. The molecule has 0 radical (unpaired) electrons. The van der Waals surface area contributed by atoms with E-state index in [9.17, 15) is 33.4 Å². The number of carbonyl (C=O) groups excluding carboxylic acids is 1. The van der Waals surface area contributed by atoms with Gasteiger partial charge >= 0.3 is 11.4 Å². The maximum atomic E-state index is 12.5. The van der Waals surface area contributed by atoms with Crippen molar-refractivity contribution in [1.29, 1.82) is 0 Å². The SMILES string of the molecule is COc1ccc(C=CC(=O)C(I)S(=O)(=O)C=Cc2ccc(OC)c([N+](=O)[O-])c2)cc1[N+](=O)[O-]. The third-order valence-corrected chi connectivity index (χ3v) is 8.27. The molecule has 0 aliphatic carbocycles. The molecule has 0 amide bonds. The second-order valence-electron chi connectivity index (χ2n) is 6.32. The van der Waals surface area contributed by atoms with E-state index in [1.54, 1.807) is 0 Å². The number of nitro benzene ring substituents is 2. The van der Waals surface area contributed by atoms with Crippen LogP contribution < -0.4 is 9.47 Å². The van der Waals surface area contributed by atoms with Gasteiger partial charge in [0.15, 0.2) is 30.4 Å². The zero-order chi connectivity index (χ0) is 24.8. The fourth-order valence-electron chi connectivity index (χ4n) is 2.57. The lowest BCUT2D eigenvalue weighted by atomic mass is 10.1. The molecule has 0 saturated carbocycles. The van der Waals surface area contributed by atoms with Crippen molar-refractivity contribution in [2.45, 2.75) is 3.26 Å². The predicted molar refractivity (Wildman–Crippen MR) is 129 cm³/mol. The summed E-state index contributed by atoms with van der Waals surface area (Å²) >= 11 is 1.46. The topological polar surface area (TPSA) is 156 Å². The minimum atomic E-state index is -4.07. The van der Waals surface area contributed by atoms with Gasteiger partial charge in [-0.15, -0.1) is 0 Å². The maximum Gasteiger partial charge on any atom is 0.311 e. The van der Waals surface area contributed by atoms with Crippen molar-refractivity contribution in [2.75, 3.05) is 14.2 Å². The zero-order valence-corrected chi connectivity index (χ0v) is 20.2. The van der Waals surface area contributed by atoms with Crippen molar-refractivity contribution in [3.05, 3.63) is 79.2 Å². The van der Waals surface area contributed by atoms with Crippen LogP contribution in [0.4, 0.5) is 11.4 Å². The molecular formula is C20H17IN2O9S. The Morgan fingerprint density at radius 1 is 0.939 bits per heavy atom. The Bertz CT molecular complexity index is 1260. The lowest BCUT2D eigenvalue weighted by Gasteiger charge is -2.05. The molecule has 0 spiro atoms. The van der Waals surface area contributed by atoms with Gasteiger partial charge < -0.3 is 9.47 Å². The number of hydrogen-bond acceptors (Lipinski definition) is 9. The molecule has 33 heavy (non-hydrogen) atoms. The molecule has 2 aromatic carbocycles. The van der Waals surface area contributed by atoms with Crippen molar-refractivity contribution in [1.82, 2.24) is 0 Å². The van der Waals surface area contributed by atoms with Crippen LogP contribution in [0, 0.1) is 20.2 Å². The van der Waals surface area contributed by atoms with E-state index in [1.807, 2.05) is 0 Å². The Balaban J connectivity index is 2.21. The highest BCUT2D eigenvalue weighted by Gasteiger charge is 2.26. The molecule has 2 rings (SSSR count). The number of sulfone groups is 1. The number of nitro groups is 2. The van der Waals surface area contributed by atoms with Crippen LogP contribution in [-0.4, -0.2) is 41.5 Å². The number of rotatable bonds is 10. The van der Waals surface area contributed by atoms with Crippen LogP contribution in [0.15, 0.2) is 47.9 Å². The molecule has 174 valence electrons. The second kappa shape index (κ2) is 11.0. The molecular weight excluding hydrogens is 571 g/mol. The van der Waals surface area contributed by atoms with E-state index in [0.29, 0.717) is 5.56 Å². The van der Waals surface area contributed by atoms with Crippen LogP contribution in [-0.2, 0) is 14.6 Å². The smallest absolute Gasteiger partial charge is 0.311 e. The molecule has 0 aliphatic heterocycles. The first-order chi connectivity index (χ1) is 15.5. The third kappa shape index (κ3) is 6.58. The largest absolute Gasteiger partial charge is 0.490 e. The van der Waals surface area contributed by atoms with Gasteiger partial charge in [0, 0.05) is 17.5 Å². The molecule has 0 heterocycles. The molecule has 0 aliphatic rings. The number of halogens is 1. The number of carbonyl (C=O) groups is 1. The van der Waals surface area contributed by atoms with Crippen LogP contribution in [0.1, 0.15) is 11.1 Å². The Labute approximate surface area is 202 Å². The molecule has 1 atom stereocenters. The minimum Gasteiger partial charge on any atom is -0.490 e. The maximum absolute atomic E-state index is 12.5. The first-order valence-electron chi connectivity index (χ1n) is 8.93. The van der Waals surface area contributed by atoms with Gasteiger partial charge in [0.05, 0.1) is 24.1 Å². The van der Waals surface area contributed by atoms with Gasteiger partial charge in [0.2, 0.25) is 0 Å². The van der Waals surface area contributed by atoms with E-state index in [4.69, 9.17) is 9.47 Å². The second-order valence-corrected chi connectivity index (χ2v) is 10.3. The minimum absolute atomic E-state index is 0.0193. The zero-order valence-electron chi connectivity index (χ0n) is 17.2. The highest BCUT2D eigenvalue weighted by atomic mass is 127. The van der Waals surface area contributed by atoms with Crippen LogP contribution in [0.25, 0.3) is 12.2 Å². The van der Waals surface area contributed by atoms with E-state index < -0.39 is 28.7 Å². The Morgan fingerprint density at radius 2 is 1.39 bits per heavy atom. The predicted octanol–water partition coefficient (Wildman–Crippen LogP) is 3.95. The number of hydrogen-bond donors (Lipinski definition) is 0. The van der Waals surface area contributed by atoms with Gasteiger partial charge in [0.1, 0.15) is 0 Å². The Morgan fingerprint density at radius 3 is 1.82 bits per heavy atom. The fourth-order valence-corrected chi connectivity index (χ4v) is 4.17. The van der Waals surface area contributed by atoms with Crippen molar-refractivity contribution < 1.29 is 32.5 Å². The average Bonchev–Trinajstić information content (AvgIpc) is 2.80. The summed E-state index contributed by atoms with van der Waals surface area (Å²) < 4.78 is 33.3. The quantitative estimate of drug-likeness (QED) is 0.132. The van der Waals surface area contributed by atoms with Crippen LogP contribution in [0.2, 0.25) is 0 Å². The summed E-state index contributed by atoms with van der Waals surface area (Å²) in [5, 5.41) is 23.0. The van der Waals surface area contributed by atoms with Gasteiger partial charge in [-0.1, -0.05) is 40.8 Å². The van der Waals surface area contributed by atoms with Crippen molar-refractivity contribution in [2.24, 2.45) is 0 Å². The average molecular weight is 588 g/mol. The van der Waals surface area contributed by atoms with Crippen molar-refractivity contribution in [3.63, 3.8) is 0 Å². The third-order valence-electron chi connectivity index (χ3n) is 4.20. The molecule has 0 aromatic heterocycles. The molecule has 13 heteroatoms. The van der Waals surface area contributed by atoms with Crippen molar-refractivity contribution in [3.8, 4) is 11.5 Å². The fraction of sp³-hybridized carbons (Fsp3) is 0.150. The van der Waals surface area contributed by atoms with E-state index in [0.717, 1.165) is 23.6 Å². The lowest BCUT2D eigenvalue weighted by Crippen LogP contribution is -2.20. The van der Waals surface area contributed by atoms with Gasteiger partial charge in [0.25, 0.3) is 0 Å². The monoisotopic (exact) mass is 588 g/mol. The molecule has 2 aromatic rings. The van der Waals surface area contributed by atoms with Crippen LogP contribution in [0.3, 0.4) is 0 Å². The summed E-state index contributed by atoms with van der Waals surface area (Å²) in [5.74, 6) is -0.702. The van der Waals surface area contributed by atoms with Gasteiger partial charge in [-0.25, -0.2) is 8.42 Å². The molecule has 0 N–H and O–H groups in total. The molecule has 0 fully saturated rings. The van der Waals surface area contributed by atoms with Crippen LogP contribution in [0.5, 0.6) is 11.5 Å². The number of alkyl halides is 1. The number of benzene rings is 2. The summed E-state index contributed by atoms with van der Waals surface area (Å²) in [5.41, 5.74) is -0.112. The van der Waals surface area contributed by atoms with Crippen LogP contribution >= 0.6 is 22.6 Å². The number of allylic oxidation sites excluding steroid dienone is 1. The number of ketones is 1. The summed E-state index contributed by atoms with van der Waals surface area (Å²) in [6.45, 7) is 0. The number of nitrogens with zero attached hydrogens (tertiary/aromatic N) is 2. The summed E-state index contributed by atoms with van der Waals surface area (Å²) in [6, 6.07) is 7.92. The summed E-state index contributed by atoms with van der Waals surface area (Å²) in [7, 11) is -1.51. The Kier molecular flexibility index (Phi) is 8.64. The van der Waals surface area contributed by atoms with Gasteiger partial charge in [-0.2, -0.15) is 0 Å². The van der Waals surface area contributed by atoms with E-state index in [2.05, 4.69) is 0 Å². The van der Waals surface area contributed by atoms with E-state index >= 15 is 0 Å². The summed E-state index contributed by atoms with van der Waals surface area (Å²) in [4.78, 5) is 33.3. The van der Waals surface area contributed by atoms with E-state index in [-0.39, 0.29) is 28.4 Å². The molecule has 1 unspecified atom stereocenters. The van der Waals surface area contributed by atoms with E-state index in [1.165, 1.54) is 73.2 Å². The normalized spacial score (nSPS) is 12.6. The van der Waals surface area contributed by atoms with Gasteiger partial charge in [-0.05, 0) is 35.4 Å². The highest BCUT2D eigenvalue weighted by Crippen LogP contribution is 2.29. The first kappa shape index (κ1) is 25.9. The van der Waals surface area contributed by atoms with Gasteiger partial charge in [-0.3, -0.25) is 25.0 Å². The molecule has 0 bridgehead atoms. The first-order valence-corrected chi connectivity index (χ1v) is 11.8. The standard InChI is InChI=1S/C20H17IN2O9S/c1-31-18-7-4-13(11-15(18)22(25)26)3-6-17(24)20(21)33(29,30)10-9-14-5-8-19(32-2)16(12-14)23(27)28/h3-12,20H,1-2H3. The Hall–Kier alpha value is -3.33. The summed E-state index contributed by atoms with van der Waals surface area (Å²) in [6.07, 6.45) is 3.40. The molecule has 0 saturated heterocycles.